The number of carbonyl (C=O) groups is 1. The molecule has 1 amide bonds. The largest absolute Gasteiger partial charge is 0.341 e. The predicted octanol–water partition coefficient (Wildman–Crippen LogP) is 0.792. The van der Waals surface area contributed by atoms with Crippen molar-refractivity contribution in [2.45, 2.75) is 38.3 Å². The predicted molar refractivity (Wildman–Crippen MR) is 92.6 cm³/mol. The zero-order chi connectivity index (χ0) is 17.1. The lowest BCUT2D eigenvalue weighted by atomic mass is 9.99. The zero-order valence-corrected chi connectivity index (χ0v) is 14.6. The molecule has 2 aliphatic heterocycles. The Labute approximate surface area is 146 Å². The Kier molecular flexibility index (Phi) is 3.36. The highest BCUT2D eigenvalue weighted by atomic mass is 16.2. The third-order valence-corrected chi connectivity index (χ3v) is 6.21. The van der Waals surface area contributed by atoms with Crippen molar-refractivity contribution in [3.63, 3.8) is 0 Å². The molecule has 25 heavy (non-hydrogen) atoms. The second-order valence-corrected chi connectivity index (χ2v) is 8.03. The standard InChI is InChI=1S/C18H24N6O/c1-10(2)13-7-14(20-19-13)18(25)23-8-11-12(9-23)16(11)17-15-5-3-4-6-24(15)22-21-17/h3-6,10-14,16,19-20H,7-9H2,1-2H3/t11-,12+,13?,14?,16?. The molecule has 7 nitrogen and oxygen atoms in total. The molecule has 7 heteroatoms. The third kappa shape index (κ3) is 2.37. The molecule has 4 heterocycles. The maximum atomic E-state index is 12.8. The van der Waals surface area contributed by atoms with Gasteiger partial charge in [-0.3, -0.25) is 10.2 Å². The molecule has 5 rings (SSSR count). The van der Waals surface area contributed by atoms with E-state index in [4.69, 9.17) is 0 Å². The number of hydrogen-bond acceptors (Lipinski definition) is 5. The van der Waals surface area contributed by atoms with Crippen molar-refractivity contribution < 1.29 is 4.79 Å². The van der Waals surface area contributed by atoms with E-state index >= 15 is 0 Å². The van der Waals surface area contributed by atoms with E-state index in [0.29, 0.717) is 29.7 Å². The van der Waals surface area contributed by atoms with Gasteiger partial charge in [-0.1, -0.05) is 25.1 Å². The Hall–Kier alpha value is -1.99. The third-order valence-electron chi connectivity index (χ3n) is 6.21. The van der Waals surface area contributed by atoms with E-state index < -0.39 is 0 Å². The van der Waals surface area contributed by atoms with Crippen LogP contribution in [0.3, 0.4) is 0 Å². The first-order valence-corrected chi connectivity index (χ1v) is 9.23. The fourth-order valence-corrected chi connectivity index (χ4v) is 4.61. The summed E-state index contributed by atoms with van der Waals surface area (Å²) < 4.78 is 1.84. The number of hydrogen-bond donors (Lipinski definition) is 2. The number of amides is 1. The second kappa shape index (κ2) is 5.51. The summed E-state index contributed by atoms with van der Waals surface area (Å²) in [7, 11) is 0. The van der Waals surface area contributed by atoms with Crippen LogP contribution < -0.4 is 10.9 Å². The van der Waals surface area contributed by atoms with Crippen molar-refractivity contribution >= 4 is 11.4 Å². The van der Waals surface area contributed by atoms with Gasteiger partial charge >= 0.3 is 0 Å². The number of likely N-dealkylation sites (tertiary alicyclic amines) is 1. The number of pyridine rings is 1. The number of rotatable bonds is 3. The minimum atomic E-state index is -0.0848. The molecular weight excluding hydrogens is 316 g/mol. The summed E-state index contributed by atoms with van der Waals surface area (Å²) in [4.78, 5) is 14.8. The topological polar surface area (TPSA) is 74.6 Å². The number of aromatic nitrogens is 3. The highest BCUT2D eigenvalue weighted by Crippen LogP contribution is 2.58. The summed E-state index contributed by atoms with van der Waals surface area (Å²) in [6, 6.07) is 6.36. The molecule has 0 spiro atoms. The fraction of sp³-hybridized carbons (Fsp3) is 0.611. The van der Waals surface area contributed by atoms with Crippen LogP contribution in [0.15, 0.2) is 24.4 Å². The number of fused-ring (bicyclic) bond motifs is 2. The first-order valence-electron chi connectivity index (χ1n) is 9.23. The van der Waals surface area contributed by atoms with E-state index in [1.54, 1.807) is 0 Å². The molecule has 2 saturated heterocycles. The van der Waals surface area contributed by atoms with E-state index in [-0.39, 0.29) is 11.9 Å². The van der Waals surface area contributed by atoms with Crippen LogP contribution in [0.4, 0.5) is 0 Å². The lowest BCUT2D eigenvalue weighted by molar-refractivity contribution is -0.132. The Morgan fingerprint density at radius 2 is 2.04 bits per heavy atom. The second-order valence-electron chi connectivity index (χ2n) is 8.03. The number of hydrazine groups is 1. The molecular formula is C18H24N6O. The van der Waals surface area contributed by atoms with E-state index in [9.17, 15) is 4.79 Å². The lowest BCUT2D eigenvalue weighted by Crippen LogP contribution is -2.45. The molecule has 132 valence electrons. The number of nitrogens with zero attached hydrogens (tertiary/aromatic N) is 4. The summed E-state index contributed by atoms with van der Waals surface area (Å²) in [5, 5.41) is 8.62. The van der Waals surface area contributed by atoms with Crippen LogP contribution in [0.1, 0.15) is 31.9 Å². The summed E-state index contributed by atoms with van der Waals surface area (Å²) in [6.45, 7) is 6.07. The molecule has 3 unspecified atom stereocenters. The van der Waals surface area contributed by atoms with E-state index in [1.165, 1.54) is 0 Å². The van der Waals surface area contributed by atoms with Crippen LogP contribution in [0.5, 0.6) is 0 Å². The van der Waals surface area contributed by atoms with Gasteiger partial charge < -0.3 is 4.90 Å². The molecule has 3 fully saturated rings. The molecule has 3 aliphatic rings. The molecule has 2 aromatic rings. The molecule has 5 atom stereocenters. The van der Waals surface area contributed by atoms with Crippen molar-refractivity contribution in [2.24, 2.45) is 17.8 Å². The van der Waals surface area contributed by atoms with Gasteiger partial charge in [0.15, 0.2) is 0 Å². The monoisotopic (exact) mass is 340 g/mol. The van der Waals surface area contributed by atoms with Crippen molar-refractivity contribution in [3.05, 3.63) is 30.1 Å². The van der Waals surface area contributed by atoms with Gasteiger partial charge in [0.25, 0.3) is 0 Å². The Morgan fingerprint density at radius 1 is 1.24 bits per heavy atom. The Bertz CT molecular complexity index is 805. The van der Waals surface area contributed by atoms with Gasteiger partial charge in [0, 0.05) is 31.2 Å². The molecule has 1 aliphatic carbocycles. The minimum absolute atomic E-state index is 0.0848. The average Bonchev–Trinajstić information content (AvgIpc) is 3.11. The van der Waals surface area contributed by atoms with Crippen LogP contribution >= 0.6 is 0 Å². The Balaban J connectivity index is 1.24. The average molecular weight is 340 g/mol. The van der Waals surface area contributed by atoms with Gasteiger partial charge in [-0.05, 0) is 36.3 Å². The molecule has 0 aromatic carbocycles. The zero-order valence-electron chi connectivity index (χ0n) is 14.6. The van der Waals surface area contributed by atoms with Crippen molar-refractivity contribution in [1.29, 1.82) is 0 Å². The van der Waals surface area contributed by atoms with Gasteiger partial charge in [-0.2, -0.15) is 0 Å². The number of carbonyl (C=O) groups excluding carboxylic acids is 1. The smallest absolute Gasteiger partial charge is 0.241 e. The van der Waals surface area contributed by atoms with Crippen LogP contribution in [-0.4, -0.2) is 50.8 Å². The van der Waals surface area contributed by atoms with Crippen molar-refractivity contribution in [3.8, 4) is 0 Å². The highest BCUT2D eigenvalue weighted by Gasteiger charge is 2.59. The van der Waals surface area contributed by atoms with Gasteiger partial charge in [-0.25, -0.2) is 9.94 Å². The number of piperidine rings is 1. The van der Waals surface area contributed by atoms with E-state index in [0.717, 1.165) is 30.7 Å². The summed E-state index contributed by atoms with van der Waals surface area (Å²) >= 11 is 0. The number of nitrogens with one attached hydrogen (secondary N) is 2. The quantitative estimate of drug-likeness (QED) is 0.864. The molecule has 0 radical (unpaired) electrons. The minimum Gasteiger partial charge on any atom is -0.341 e. The van der Waals surface area contributed by atoms with Gasteiger partial charge in [-0.15, -0.1) is 5.10 Å². The Morgan fingerprint density at radius 3 is 2.76 bits per heavy atom. The first-order chi connectivity index (χ1) is 12.1. The van der Waals surface area contributed by atoms with Crippen molar-refractivity contribution in [1.82, 2.24) is 30.6 Å². The molecule has 2 N–H and O–H groups in total. The SMILES string of the molecule is CC(C)C1CC(C(=O)N2C[C@@H]3C(c4nnn5ccccc45)[C@@H]3C2)NN1. The first kappa shape index (κ1) is 15.3. The molecule has 0 bridgehead atoms. The normalized spacial score (nSPS) is 34.0. The van der Waals surface area contributed by atoms with Crippen LogP contribution in [0.25, 0.3) is 5.52 Å². The molecule has 2 aromatic heterocycles. The highest BCUT2D eigenvalue weighted by molar-refractivity contribution is 5.83. The van der Waals surface area contributed by atoms with Crippen LogP contribution in [0.2, 0.25) is 0 Å². The summed E-state index contributed by atoms with van der Waals surface area (Å²) in [5.41, 5.74) is 8.65. The summed E-state index contributed by atoms with van der Waals surface area (Å²) in [5.74, 6) is 2.32. The summed E-state index contributed by atoms with van der Waals surface area (Å²) in [6.07, 6.45) is 2.81. The fourth-order valence-electron chi connectivity index (χ4n) is 4.61. The van der Waals surface area contributed by atoms with Crippen LogP contribution in [-0.2, 0) is 4.79 Å². The maximum absolute atomic E-state index is 12.8. The molecule has 1 saturated carbocycles. The lowest BCUT2D eigenvalue weighted by Gasteiger charge is -2.23. The van der Waals surface area contributed by atoms with Gasteiger partial charge in [0.1, 0.15) is 6.04 Å². The van der Waals surface area contributed by atoms with E-state index in [1.807, 2.05) is 27.7 Å². The van der Waals surface area contributed by atoms with Crippen molar-refractivity contribution in [2.75, 3.05) is 13.1 Å². The maximum Gasteiger partial charge on any atom is 0.241 e. The van der Waals surface area contributed by atoms with Gasteiger partial charge in [0.05, 0.1) is 11.2 Å². The van der Waals surface area contributed by atoms with Crippen LogP contribution in [0, 0.1) is 17.8 Å². The van der Waals surface area contributed by atoms with E-state index in [2.05, 4.69) is 41.1 Å². The van der Waals surface area contributed by atoms with Gasteiger partial charge in [0.2, 0.25) is 5.91 Å².